The second-order valence-corrected chi connectivity index (χ2v) is 9.27. The predicted molar refractivity (Wildman–Crippen MR) is 132 cm³/mol. The molecule has 1 heterocycles. The average molecular weight is 448 g/mol. The third kappa shape index (κ3) is 5.89. The molecule has 0 bridgehead atoms. The van der Waals surface area contributed by atoms with Gasteiger partial charge < -0.3 is 15.1 Å². The van der Waals surface area contributed by atoms with E-state index in [1.54, 1.807) is 12.1 Å². The highest BCUT2D eigenvalue weighted by Crippen LogP contribution is 2.32. The molecule has 174 valence electrons. The predicted octanol–water partition coefficient (Wildman–Crippen LogP) is 6.18. The van der Waals surface area contributed by atoms with E-state index in [-0.39, 0.29) is 29.0 Å². The lowest BCUT2D eigenvalue weighted by Gasteiger charge is -2.18. The summed E-state index contributed by atoms with van der Waals surface area (Å²) in [4.78, 5) is 29.0. The molecule has 0 fully saturated rings. The summed E-state index contributed by atoms with van der Waals surface area (Å²) in [6.45, 7) is 12.0. The van der Waals surface area contributed by atoms with Crippen LogP contribution in [0.5, 0.6) is 0 Å². The van der Waals surface area contributed by atoms with Crippen LogP contribution in [0.2, 0.25) is 0 Å². The van der Waals surface area contributed by atoms with Crippen LogP contribution in [0.4, 0.5) is 5.69 Å². The number of rotatable bonds is 7. The van der Waals surface area contributed by atoms with Crippen LogP contribution < -0.4 is 10.6 Å². The molecule has 33 heavy (non-hydrogen) atoms. The number of nitrogens with one attached hydrogen (secondary N) is 2. The second kappa shape index (κ2) is 10.0. The third-order valence-corrected chi connectivity index (χ3v) is 5.63. The molecule has 3 aromatic rings. The van der Waals surface area contributed by atoms with Crippen molar-refractivity contribution in [2.75, 3.05) is 5.32 Å². The van der Waals surface area contributed by atoms with Gasteiger partial charge in [-0.3, -0.25) is 9.59 Å². The largest absolute Gasteiger partial charge is 0.435 e. The van der Waals surface area contributed by atoms with Gasteiger partial charge in [0.15, 0.2) is 11.5 Å². The second-order valence-electron chi connectivity index (χ2n) is 9.27. The first-order valence-electron chi connectivity index (χ1n) is 11.4. The number of hydrogen-bond donors (Lipinski definition) is 2. The monoisotopic (exact) mass is 447 g/mol. The van der Waals surface area contributed by atoms with Crippen molar-refractivity contribution >= 4 is 17.5 Å². The van der Waals surface area contributed by atoms with E-state index < -0.39 is 0 Å². The third-order valence-electron chi connectivity index (χ3n) is 5.63. The van der Waals surface area contributed by atoms with E-state index in [1.807, 2.05) is 38.1 Å². The zero-order chi connectivity index (χ0) is 24.2. The average Bonchev–Trinajstić information content (AvgIpc) is 3.22. The highest BCUT2D eigenvalue weighted by Gasteiger charge is 2.24. The lowest BCUT2D eigenvalue weighted by atomic mass is 9.87. The Hall–Kier alpha value is -3.41. The van der Waals surface area contributed by atoms with Crippen LogP contribution in [0.3, 0.4) is 0 Å². The van der Waals surface area contributed by atoms with Crippen LogP contribution in [-0.2, 0) is 10.2 Å². The van der Waals surface area contributed by atoms with Gasteiger partial charge in [-0.15, -0.1) is 0 Å². The molecule has 2 aromatic carbocycles. The zero-order valence-electron chi connectivity index (χ0n) is 20.3. The van der Waals surface area contributed by atoms with E-state index in [1.165, 1.54) is 12.5 Å². The molecule has 1 aromatic heterocycles. The van der Waals surface area contributed by atoms with Crippen LogP contribution in [0.25, 0.3) is 22.8 Å². The maximum atomic E-state index is 13.1. The number of carbonyl (C=O) groups is 2. The topological polar surface area (TPSA) is 84.2 Å². The number of carbonyl (C=O) groups excluding carboxylic acids is 2. The van der Waals surface area contributed by atoms with Gasteiger partial charge in [-0.25, -0.2) is 4.98 Å². The minimum atomic E-state index is -0.258. The number of benzene rings is 2. The SMILES string of the molecule is CCC(CC)NC(=O)c1nc(-c2ccc(C(C)(C)C)cc2)oc1-c1ccc(NC(C)=O)cc1. The Balaban J connectivity index is 2.02. The summed E-state index contributed by atoms with van der Waals surface area (Å²) in [5.74, 6) is 0.397. The summed E-state index contributed by atoms with van der Waals surface area (Å²) in [6, 6.07) is 15.3. The summed E-state index contributed by atoms with van der Waals surface area (Å²) >= 11 is 0. The molecule has 0 aliphatic heterocycles. The summed E-state index contributed by atoms with van der Waals surface area (Å²) in [5.41, 5.74) is 3.69. The number of hydrogen-bond acceptors (Lipinski definition) is 4. The number of oxazole rings is 1. The van der Waals surface area contributed by atoms with Gasteiger partial charge in [-0.05, 0) is 60.2 Å². The Morgan fingerprint density at radius 3 is 2.03 bits per heavy atom. The lowest BCUT2D eigenvalue weighted by molar-refractivity contribution is -0.114. The number of aromatic nitrogens is 1. The van der Waals surface area contributed by atoms with E-state index in [0.717, 1.165) is 18.4 Å². The zero-order valence-corrected chi connectivity index (χ0v) is 20.3. The Morgan fingerprint density at radius 1 is 0.939 bits per heavy atom. The molecule has 0 unspecified atom stereocenters. The van der Waals surface area contributed by atoms with Gasteiger partial charge >= 0.3 is 0 Å². The van der Waals surface area contributed by atoms with Crippen LogP contribution in [0.1, 0.15) is 70.4 Å². The fourth-order valence-corrected chi connectivity index (χ4v) is 3.56. The van der Waals surface area contributed by atoms with Crippen molar-refractivity contribution in [3.63, 3.8) is 0 Å². The van der Waals surface area contributed by atoms with E-state index in [9.17, 15) is 9.59 Å². The molecule has 2 amide bonds. The molecular weight excluding hydrogens is 414 g/mol. The number of anilines is 1. The standard InChI is InChI=1S/C27H33N3O3/c1-7-21(8-2)29-25(32)23-24(18-11-15-22(16-12-18)28-17(3)31)33-26(30-23)19-9-13-20(14-10-19)27(4,5)6/h9-16,21H,7-8H2,1-6H3,(H,28,31)(H,29,32). The van der Waals surface area contributed by atoms with Crippen LogP contribution >= 0.6 is 0 Å². The van der Waals surface area contributed by atoms with Crippen LogP contribution in [-0.4, -0.2) is 22.8 Å². The fourth-order valence-electron chi connectivity index (χ4n) is 3.56. The van der Waals surface area contributed by atoms with E-state index >= 15 is 0 Å². The van der Waals surface area contributed by atoms with Crippen molar-refractivity contribution in [2.45, 2.75) is 65.8 Å². The highest BCUT2D eigenvalue weighted by atomic mass is 16.4. The Labute approximate surface area is 195 Å². The smallest absolute Gasteiger partial charge is 0.274 e. The van der Waals surface area contributed by atoms with Gasteiger partial charge in [0, 0.05) is 29.8 Å². The van der Waals surface area contributed by atoms with Gasteiger partial charge in [-0.1, -0.05) is 46.8 Å². The fraction of sp³-hybridized carbons (Fsp3) is 0.370. The molecule has 0 radical (unpaired) electrons. The first-order chi connectivity index (χ1) is 15.6. The summed E-state index contributed by atoms with van der Waals surface area (Å²) < 4.78 is 6.14. The first-order valence-corrected chi connectivity index (χ1v) is 11.4. The molecule has 3 rings (SSSR count). The molecule has 6 heteroatoms. The van der Waals surface area contributed by atoms with Crippen LogP contribution in [0.15, 0.2) is 52.9 Å². The van der Waals surface area contributed by atoms with Gasteiger partial charge in [0.2, 0.25) is 11.8 Å². The minimum absolute atomic E-state index is 0.0380. The molecule has 2 N–H and O–H groups in total. The molecule has 0 aliphatic rings. The minimum Gasteiger partial charge on any atom is -0.435 e. The molecule has 0 saturated heterocycles. The van der Waals surface area contributed by atoms with Crippen molar-refractivity contribution in [1.29, 1.82) is 0 Å². The Kier molecular flexibility index (Phi) is 7.36. The van der Waals surface area contributed by atoms with Crippen molar-refractivity contribution in [1.82, 2.24) is 10.3 Å². The van der Waals surface area contributed by atoms with Gasteiger partial charge in [0.05, 0.1) is 0 Å². The van der Waals surface area contributed by atoms with Gasteiger partial charge in [0.1, 0.15) is 0 Å². The van der Waals surface area contributed by atoms with E-state index in [4.69, 9.17) is 4.42 Å². The van der Waals surface area contributed by atoms with Crippen molar-refractivity contribution in [3.05, 3.63) is 59.8 Å². The van der Waals surface area contributed by atoms with E-state index in [0.29, 0.717) is 22.9 Å². The summed E-state index contributed by atoms with van der Waals surface area (Å²) in [5, 5.41) is 5.80. The summed E-state index contributed by atoms with van der Waals surface area (Å²) in [7, 11) is 0. The normalized spacial score (nSPS) is 11.5. The van der Waals surface area contributed by atoms with Crippen molar-refractivity contribution in [2.24, 2.45) is 0 Å². The lowest BCUT2D eigenvalue weighted by Crippen LogP contribution is -2.34. The first kappa shape index (κ1) is 24.2. The molecule has 6 nitrogen and oxygen atoms in total. The molecule has 0 atom stereocenters. The molecule has 0 spiro atoms. The molecular formula is C27H33N3O3. The van der Waals surface area contributed by atoms with Gasteiger partial charge in [0.25, 0.3) is 5.91 Å². The maximum Gasteiger partial charge on any atom is 0.274 e. The number of amides is 2. The molecule has 0 saturated carbocycles. The Morgan fingerprint density at radius 2 is 1.52 bits per heavy atom. The van der Waals surface area contributed by atoms with Gasteiger partial charge in [-0.2, -0.15) is 0 Å². The van der Waals surface area contributed by atoms with Crippen molar-refractivity contribution < 1.29 is 14.0 Å². The number of nitrogens with zero attached hydrogens (tertiary/aromatic N) is 1. The summed E-state index contributed by atoms with van der Waals surface area (Å²) in [6.07, 6.45) is 1.67. The Bertz CT molecular complexity index is 1100. The maximum absolute atomic E-state index is 13.1. The van der Waals surface area contributed by atoms with Crippen molar-refractivity contribution in [3.8, 4) is 22.8 Å². The van der Waals surface area contributed by atoms with E-state index in [2.05, 4.69) is 48.5 Å². The van der Waals surface area contributed by atoms with Crippen LogP contribution in [0, 0.1) is 0 Å². The highest BCUT2D eigenvalue weighted by molar-refractivity contribution is 5.98. The quantitative estimate of drug-likeness (QED) is 0.453. The molecule has 0 aliphatic carbocycles.